The molecule has 5 amide bonds. The summed E-state index contributed by atoms with van der Waals surface area (Å²) in [4.78, 5) is 40.7. The van der Waals surface area contributed by atoms with Gasteiger partial charge in [-0.1, -0.05) is 94.8 Å². The average molecular weight is 979 g/mol. The third-order valence-corrected chi connectivity index (χ3v) is 18.5. The van der Waals surface area contributed by atoms with E-state index in [0.717, 1.165) is 50.6 Å². The lowest BCUT2D eigenvalue weighted by Crippen LogP contribution is -2.65. The fourth-order valence-electron chi connectivity index (χ4n) is 14.0. The van der Waals surface area contributed by atoms with E-state index in [1.807, 2.05) is 57.2 Å². The van der Waals surface area contributed by atoms with E-state index in [2.05, 4.69) is 92.4 Å². The lowest BCUT2D eigenvalue weighted by atomic mass is 9.43. The summed E-state index contributed by atoms with van der Waals surface area (Å²) >= 11 is 0. The highest BCUT2D eigenvalue weighted by Crippen LogP contribution is 2.67. The van der Waals surface area contributed by atoms with E-state index < -0.39 is 19.8 Å². The third-order valence-electron chi connectivity index (χ3n) is 18.5. The highest BCUT2D eigenvalue weighted by molar-refractivity contribution is 6.48. The maximum atomic E-state index is 13.3. The molecule has 0 radical (unpaired) electrons. The Morgan fingerprint density at radius 2 is 1.18 bits per heavy atom. The number of nitrogens with one attached hydrogen (secondary N) is 5. The van der Waals surface area contributed by atoms with Crippen molar-refractivity contribution in [2.75, 3.05) is 26.2 Å². The largest absolute Gasteiger partial charge is 0.482 e. The second-order valence-corrected chi connectivity index (χ2v) is 24.9. The summed E-state index contributed by atoms with van der Waals surface area (Å²) in [6.45, 7) is 22.2. The van der Waals surface area contributed by atoms with Gasteiger partial charge in [-0.05, 0) is 157 Å². The van der Waals surface area contributed by atoms with E-state index in [0.29, 0.717) is 67.6 Å². The Bertz CT molecular complexity index is 2160. The number of likely N-dealkylation sites (tertiary alicyclic amines) is 1. The van der Waals surface area contributed by atoms with Gasteiger partial charge in [0.25, 0.3) is 0 Å². The molecular weight excluding hydrogens is 894 g/mol. The van der Waals surface area contributed by atoms with Gasteiger partial charge in [0, 0.05) is 25.7 Å². The summed E-state index contributed by atoms with van der Waals surface area (Å²) in [5.74, 6) is 1.75. The first-order valence-corrected chi connectivity index (χ1v) is 27.3. The molecule has 2 aromatic carbocycles. The van der Waals surface area contributed by atoms with Crippen molar-refractivity contribution in [3.8, 4) is 0 Å². The minimum Gasteiger partial charge on any atom is -0.444 e. The smallest absolute Gasteiger partial charge is 0.444 e. The fourth-order valence-corrected chi connectivity index (χ4v) is 14.0. The Labute approximate surface area is 424 Å². The van der Waals surface area contributed by atoms with E-state index in [9.17, 15) is 14.4 Å². The Morgan fingerprint density at radius 3 is 1.65 bits per heavy atom. The van der Waals surface area contributed by atoms with Crippen LogP contribution in [0.3, 0.4) is 0 Å². The first-order valence-electron chi connectivity index (χ1n) is 27.3. The van der Waals surface area contributed by atoms with Crippen molar-refractivity contribution < 1.29 is 37.7 Å². The SMILES string of the molecule is CC(C)(C)OC(=O)N1CCCC[C@@H]1CNC(=O)N[C@@H](Cc1ccccc1)B1O[C@@H]2C[C@@H]3C[C@@H](C3(C)C)[C@]2(C)O1.CC1(C)[C@@H]2C[C@H]3OB([C@H](Cc4ccccc4)NC(=O)NC[C@H]4CCCCN4)O[C@@]3(C)[C@H]1C2. The van der Waals surface area contributed by atoms with Gasteiger partial charge < -0.3 is 54.8 Å². The molecule has 6 saturated carbocycles. The van der Waals surface area contributed by atoms with E-state index in [1.54, 1.807) is 4.90 Å². The molecule has 4 heterocycles. The molecule has 10 fully saturated rings. The van der Waals surface area contributed by atoms with Crippen LogP contribution in [0, 0.1) is 34.5 Å². The molecule has 4 saturated heterocycles. The molecule has 4 bridgehead atoms. The number of hydrogen-bond donors (Lipinski definition) is 5. The van der Waals surface area contributed by atoms with Crippen LogP contribution >= 0.6 is 0 Å². The van der Waals surface area contributed by atoms with Crippen molar-refractivity contribution in [2.45, 2.75) is 192 Å². The molecule has 5 N–H and O–H groups in total. The van der Waals surface area contributed by atoms with Crippen LogP contribution in [0.15, 0.2) is 60.7 Å². The fraction of sp³-hybridized carbons (Fsp3) is 0.727. The second kappa shape index (κ2) is 20.8. The van der Waals surface area contributed by atoms with Gasteiger partial charge in [-0.2, -0.15) is 0 Å². The van der Waals surface area contributed by atoms with Crippen LogP contribution in [-0.4, -0.2) is 116 Å². The summed E-state index contributed by atoms with van der Waals surface area (Å²) in [5.41, 5.74) is 1.67. The van der Waals surface area contributed by atoms with Crippen molar-refractivity contribution in [1.82, 2.24) is 31.5 Å². The number of ether oxygens (including phenoxy) is 1. The van der Waals surface area contributed by atoms with Crippen LogP contribution in [0.5, 0.6) is 0 Å². The zero-order valence-electron chi connectivity index (χ0n) is 44.2. The Kier molecular flexibility index (Phi) is 15.3. The van der Waals surface area contributed by atoms with E-state index in [1.165, 1.54) is 31.2 Å². The van der Waals surface area contributed by atoms with Crippen LogP contribution in [0.25, 0.3) is 0 Å². The summed E-state index contributed by atoms with van der Waals surface area (Å²) < 4.78 is 32.1. The lowest BCUT2D eigenvalue weighted by molar-refractivity contribution is -0.199. The summed E-state index contributed by atoms with van der Waals surface area (Å²) in [6, 6.07) is 20.3. The monoisotopic (exact) mass is 979 g/mol. The minimum absolute atomic E-state index is 0.0482. The van der Waals surface area contributed by atoms with Crippen LogP contribution < -0.4 is 26.6 Å². The number of carbonyl (C=O) groups excluding carboxylic acids is 3. The predicted octanol–water partition coefficient (Wildman–Crippen LogP) is 8.26. The Hall–Kier alpha value is -3.82. The summed E-state index contributed by atoms with van der Waals surface area (Å²) in [7, 11) is -0.951. The molecule has 12 atom stereocenters. The average Bonchev–Trinajstić information content (AvgIpc) is 3.90. The van der Waals surface area contributed by atoms with Crippen molar-refractivity contribution in [3.05, 3.63) is 71.8 Å². The van der Waals surface area contributed by atoms with Crippen molar-refractivity contribution in [2.24, 2.45) is 34.5 Å². The lowest BCUT2D eigenvalue weighted by Gasteiger charge is -2.64. The van der Waals surface area contributed by atoms with Crippen LogP contribution in [-0.2, 0) is 36.2 Å². The van der Waals surface area contributed by atoms with E-state index in [4.69, 9.17) is 23.4 Å². The van der Waals surface area contributed by atoms with Gasteiger partial charge in [0.05, 0.1) is 41.3 Å². The van der Waals surface area contributed by atoms with Gasteiger partial charge in [-0.3, -0.25) is 0 Å². The van der Waals surface area contributed by atoms with Gasteiger partial charge >= 0.3 is 32.4 Å². The van der Waals surface area contributed by atoms with Gasteiger partial charge in [0.1, 0.15) is 5.60 Å². The molecule has 6 aliphatic carbocycles. The number of hydrogen-bond acceptors (Lipinski definition) is 9. The third kappa shape index (κ3) is 11.2. The summed E-state index contributed by atoms with van der Waals surface area (Å²) in [6.07, 6.45) is 11.9. The molecule has 16 heteroatoms. The topological polar surface area (TPSA) is 161 Å². The standard InChI is InChI=1S/C30H46BN3O5.C25H38BN3O3/c1-28(2,3)37-27(36)34-15-11-10-14-22(34)19-32-26(35)33-25(16-20-12-8-7-9-13-20)31-38-24-18-21-17-23(29(21,4)5)30(24,6)39-31;1-24(2)18-14-20(24)25(3)21(15-18)31-26(32-25)22(13-17-9-5-4-6-10-17)29-23(30)28-16-19-11-7-8-12-27-19/h7-9,12-13,21-25H,10-11,14-19H2,1-6H3,(H2,32,33,35);4-6,9-10,18-22,27H,7-8,11-16H2,1-3H3,(H2,28,29,30)/t21-,22+,23-,24+,25-,30-;18-,19+,20-,21+,22-,25-/m00/s1. The molecule has 4 aliphatic heterocycles. The number of amides is 5. The quantitative estimate of drug-likeness (QED) is 0.132. The van der Waals surface area contributed by atoms with Crippen molar-refractivity contribution >= 4 is 32.4 Å². The number of benzene rings is 2. The number of rotatable bonds is 12. The molecule has 0 aromatic heterocycles. The van der Waals surface area contributed by atoms with Crippen molar-refractivity contribution in [1.29, 1.82) is 0 Å². The van der Waals surface area contributed by atoms with Gasteiger partial charge in [0.2, 0.25) is 0 Å². The minimum atomic E-state index is -0.556. The van der Waals surface area contributed by atoms with Crippen LogP contribution in [0.1, 0.15) is 138 Å². The molecule has 0 unspecified atom stereocenters. The van der Waals surface area contributed by atoms with Gasteiger partial charge in [-0.15, -0.1) is 0 Å². The molecule has 71 heavy (non-hydrogen) atoms. The van der Waals surface area contributed by atoms with Crippen LogP contribution in [0.4, 0.5) is 14.4 Å². The highest BCUT2D eigenvalue weighted by Gasteiger charge is 2.70. The molecule has 14 nitrogen and oxygen atoms in total. The van der Waals surface area contributed by atoms with Gasteiger partial charge in [-0.25, -0.2) is 14.4 Å². The van der Waals surface area contributed by atoms with E-state index >= 15 is 0 Å². The second-order valence-electron chi connectivity index (χ2n) is 24.9. The predicted molar refractivity (Wildman–Crippen MR) is 277 cm³/mol. The molecule has 10 aliphatic rings. The first-order chi connectivity index (χ1) is 33.7. The van der Waals surface area contributed by atoms with Gasteiger partial charge in [0.15, 0.2) is 0 Å². The number of nitrogens with zero attached hydrogens (tertiary/aromatic N) is 1. The molecule has 388 valence electrons. The maximum absolute atomic E-state index is 13.3. The first kappa shape index (κ1) is 52.1. The van der Waals surface area contributed by atoms with Crippen LogP contribution in [0.2, 0.25) is 0 Å². The van der Waals surface area contributed by atoms with E-state index in [-0.39, 0.29) is 64.9 Å². The zero-order chi connectivity index (χ0) is 50.3. The molecule has 2 aromatic rings. The molecular formula is C55H84B2N6O8. The molecule has 0 spiro atoms. The Morgan fingerprint density at radius 1 is 0.690 bits per heavy atom. The summed E-state index contributed by atoms with van der Waals surface area (Å²) in [5, 5.41) is 16.0. The maximum Gasteiger partial charge on any atom is 0.482 e. The highest BCUT2D eigenvalue weighted by atomic mass is 16.7. The molecule has 12 rings (SSSR count). The number of carbonyl (C=O) groups is 3. The van der Waals surface area contributed by atoms with Crippen molar-refractivity contribution in [3.63, 3.8) is 0 Å². The Balaban J connectivity index is 0.000000179. The zero-order valence-corrected chi connectivity index (χ0v) is 44.2. The normalized spacial score (nSPS) is 33.8. The number of piperidine rings is 2. The number of urea groups is 2.